The van der Waals surface area contributed by atoms with Gasteiger partial charge in [-0.1, -0.05) is 86.6 Å². The quantitative estimate of drug-likeness (QED) is 0.0910. The summed E-state index contributed by atoms with van der Waals surface area (Å²) in [7, 11) is -2.37. The molecule has 1 atom stereocenters. The van der Waals surface area contributed by atoms with Gasteiger partial charge in [-0.3, -0.25) is 5.32 Å². The lowest BCUT2D eigenvalue weighted by molar-refractivity contribution is -0.163. The Bertz CT molecular complexity index is 1440. The largest absolute Gasteiger partial charge is 0.476 e. The molecule has 1 unspecified atom stereocenters. The number of esters is 1. The number of aliphatic carboxylic acids is 1. The standard InChI is InChI=1S/C32H41N3O8SSi/c1-31(2,3)42-30(39)34-29-33-23(20-44-29)25(27(36)37)35-43-24(19-40-45(7,8)32(4,5)6)28(38)41-26(21-15-11-9-12-16-21)22-17-13-10-14-18-22/h9-18,20,24,26H,19H2,1-8H3,(H,36,37)(H,33,34,39)/b35-25-. The van der Waals surface area contributed by atoms with Crippen molar-refractivity contribution >= 4 is 48.5 Å². The van der Waals surface area contributed by atoms with E-state index in [4.69, 9.17) is 18.7 Å². The lowest BCUT2D eigenvalue weighted by Gasteiger charge is -2.36. The third kappa shape index (κ3) is 10.5. The van der Waals surface area contributed by atoms with E-state index in [2.05, 4.69) is 36.2 Å². The first-order valence-corrected chi connectivity index (χ1v) is 18.1. The average Bonchev–Trinajstić information content (AvgIpc) is 3.40. The third-order valence-electron chi connectivity index (χ3n) is 6.93. The number of carboxylic acid groups (broad SMARTS) is 1. The molecular formula is C32H41N3O8SSi. The molecule has 13 heteroatoms. The van der Waals surface area contributed by atoms with E-state index in [1.165, 1.54) is 5.38 Å². The van der Waals surface area contributed by atoms with Crippen molar-refractivity contribution in [2.75, 3.05) is 11.9 Å². The topological polar surface area (TPSA) is 146 Å². The molecule has 0 saturated heterocycles. The molecule has 0 bridgehead atoms. The zero-order chi connectivity index (χ0) is 33.4. The Morgan fingerprint density at radius 3 is 2.00 bits per heavy atom. The highest BCUT2D eigenvalue weighted by Gasteiger charge is 2.39. The second-order valence-electron chi connectivity index (χ2n) is 12.7. The van der Waals surface area contributed by atoms with Crippen LogP contribution in [0.15, 0.2) is 71.2 Å². The summed E-state index contributed by atoms with van der Waals surface area (Å²) in [5.41, 5.74) is 0.0901. The third-order valence-corrected chi connectivity index (χ3v) is 12.2. The molecule has 11 nitrogen and oxygen atoms in total. The van der Waals surface area contributed by atoms with Gasteiger partial charge in [-0.2, -0.15) is 0 Å². The number of benzene rings is 2. The van der Waals surface area contributed by atoms with Crippen LogP contribution < -0.4 is 5.32 Å². The van der Waals surface area contributed by atoms with E-state index < -0.39 is 49.9 Å². The zero-order valence-corrected chi connectivity index (χ0v) is 28.6. The maximum atomic E-state index is 13.7. The number of nitrogens with zero attached hydrogens (tertiary/aromatic N) is 2. The van der Waals surface area contributed by atoms with E-state index >= 15 is 0 Å². The number of nitrogens with one attached hydrogen (secondary N) is 1. The van der Waals surface area contributed by atoms with Crippen molar-refractivity contribution in [2.45, 2.75) is 77.5 Å². The molecule has 1 heterocycles. The van der Waals surface area contributed by atoms with Gasteiger partial charge in [-0.15, -0.1) is 11.3 Å². The van der Waals surface area contributed by atoms with Crippen molar-refractivity contribution in [2.24, 2.45) is 5.16 Å². The van der Waals surface area contributed by atoms with Crippen LogP contribution in [0.2, 0.25) is 18.1 Å². The van der Waals surface area contributed by atoms with Crippen LogP contribution in [0.25, 0.3) is 0 Å². The van der Waals surface area contributed by atoms with E-state index in [0.717, 1.165) is 22.5 Å². The average molecular weight is 656 g/mol. The number of thiazole rings is 1. The Balaban J connectivity index is 1.90. The second kappa shape index (κ2) is 14.8. The summed E-state index contributed by atoms with van der Waals surface area (Å²) in [6.07, 6.45) is -2.91. The lowest BCUT2D eigenvalue weighted by Crippen LogP contribution is -2.44. The van der Waals surface area contributed by atoms with Gasteiger partial charge in [0.05, 0.1) is 6.61 Å². The molecule has 0 fully saturated rings. The highest BCUT2D eigenvalue weighted by molar-refractivity contribution is 7.14. The Morgan fingerprint density at radius 1 is 0.956 bits per heavy atom. The summed E-state index contributed by atoms with van der Waals surface area (Å²) in [5.74, 6) is -2.24. The molecular weight excluding hydrogens is 615 g/mol. The Kier molecular flexibility index (Phi) is 11.6. The number of carboxylic acids is 1. The van der Waals surface area contributed by atoms with Gasteiger partial charge in [-0.25, -0.2) is 19.4 Å². The maximum absolute atomic E-state index is 13.7. The molecule has 0 aliphatic heterocycles. The van der Waals surface area contributed by atoms with E-state index in [1.54, 1.807) is 20.8 Å². The summed E-state index contributed by atoms with van der Waals surface area (Å²) in [6.45, 7) is 15.1. The first kappa shape index (κ1) is 35.4. The van der Waals surface area contributed by atoms with Crippen molar-refractivity contribution in [3.05, 3.63) is 82.9 Å². The first-order chi connectivity index (χ1) is 21.0. The van der Waals surface area contributed by atoms with Crippen molar-refractivity contribution in [1.82, 2.24) is 4.98 Å². The Morgan fingerprint density at radius 2 is 1.51 bits per heavy atom. The predicted molar refractivity (Wildman–Crippen MR) is 175 cm³/mol. The van der Waals surface area contributed by atoms with Gasteiger partial charge < -0.3 is 23.8 Å². The van der Waals surface area contributed by atoms with Crippen molar-refractivity contribution in [3.8, 4) is 0 Å². The first-order valence-electron chi connectivity index (χ1n) is 14.3. The predicted octanol–water partition coefficient (Wildman–Crippen LogP) is 7.02. The molecule has 1 aromatic heterocycles. The van der Waals surface area contributed by atoms with Crippen molar-refractivity contribution < 1.29 is 38.2 Å². The SMILES string of the molecule is CC(C)(C)OC(=O)Nc1nc(/C(=N/OC(CO[Si](C)(C)C(C)(C)C)C(=O)OC(c2ccccc2)c2ccccc2)C(=O)O)cs1. The van der Waals surface area contributed by atoms with Crippen molar-refractivity contribution in [3.63, 3.8) is 0 Å². The fourth-order valence-electron chi connectivity index (χ4n) is 3.56. The molecule has 0 saturated carbocycles. The van der Waals surface area contributed by atoms with Gasteiger partial charge >= 0.3 is 18.0 Å². The molecule has 242 valence electrons. The van der Waals surface area contributed by atoms with Gasteiger partial charge in [-0.05, 0) is 50.0 Å². The molecule has 0 aliphatic carbocycles. The molecule has 0 radical (unpaired) electrons. The van der Waals surface area contributed by atoms with Gasteiger partial charge in [0.1, 0.15) is 11.3 Å². The van der Waals surface area contributed by atoms with E-state index in [9.17, 15) is 19.5 Å². The summed E-state index contributed by atoms with van der Waals surface area (Å²) < 4.78 is 17.5. The molecule has 45 heavy (non-hydrogen) atoms. The number of oxime groups is 1. The highest BCUT2D eigenvalue weighted by Crippen LogP contribution is 2.37. The van der Waals surface area contributed by atoms with Crippen LogP contribution in [0.4, 0.5) is 9.93 Å². The molecule has 2 N–H and O–H groups in total. The fraction of sp³-hybridized carbons (Fsp3) is 0.406. The summed E-state index contributed by atoms with van der Waals surface area (Å²) in [5, 5.41) is 17.5. The number of amides is 1. The number of aromatic nitrogens is 1. The van der Waals surface area contributed by atoms with Crippen LogP contribution >= 0.6 is 11.3 Å². The monoisotopic (exact) mass is 655 g/mol. The summed E-state index contributed by atoms with van der Waals surface area (Å²) in [4.78, 5) is 47.8. The molecule has 3 rings (SSSR count). The van der Waals surface area contributed by atoms with Gasteiger partial charge in [0, 0.05) is 5.38 Å². The van der Waals surface area contributed by atoms with Crippen LogP contribution in [0.3, 0.4) is 0 Å². The summed E-state index contributed by atoms with van der Waals surface area (Å²) >= 11 is 0.977. The minimum Gasteiger partial charge on any atom is -0.476 e. The number of anilines is 1. The molecule has 1 amide bonds. The molecule has 3 aromatic rings. The van der Waals surface area contributed by atoms with E-state index in [1.807, 2.05) is 73.8 Å². The van der Waals surface area contributed by atoms with E-state index in [-0.39, 0.29) is 22.5 Å². The smallest absolute Gasteiger partial charge is 0.413 e. The number of rotatable bonds is 12. The van der Waals surface area contributed by atoms with Crippen LogP contribution in [-0.4, -0.2) is 60.5 Å². The Labute approximate surface area is 268 Å². The number of carbonyl (C=O) groups is 3. The van der Waals surface area contributed by atoms with Crippen molar-refractivity contribution in [1.29, 1.82) is 0 Å². The molecule has 0 spiro atoms. The normalized spacial score (nSPS) is 13.2. The molecule has 0 aliphatic rings. The van der Waals surface area contributed by atoms with Gasteiger partial charge in [0.2, 0.25) is 11.8 Å². The number of carbonyl (C=O) groups excluding carboxylic acids is 2. The van der Waals surface area contributed by atoms with Gasteiger partial charge in [0.15, 0.2) is 19.6 Å². The van der Waals surface area contributed by atoms with Crippen LogP contribution in [0.5, 0.6) is 0 Å². The minimum absolute atomic E-state index is 0.0811. The number of hydrogen-bond acceptors (Lipinski definition) is 10. The van der Waals surface area contributed by atoms with Crippen LogP contribution in [-0.2, 0) is 28.3 Å². The molecule has 2 aromatic carbocycles. The van der Waals surface area contributed by atoms with Gasteiger partial charge in [0.25, 0.3) is 0 Å². The second-order valence-corrected chi connectivity index (χ2v) is 18.4. The Hall–Kier alpha value is -4.07. The zero-order valence-electron chi connectivity index (χ0n) is 26.8. The minimum atomic E-state index is -2.37. The number of hydrogen-bond donors (Lipinski definition) is 2. The highest BCUT2D eigenvalue weighted by atomic mass is 32.1. The van der Waals surface area contributed by atoms with E-state index in [0.29, 0.717) is 0 Å². The number of ether oxygens (including phenoxy) is 2. The summed E-state index contributed by atoms with van der Waals surface area (Å²) in [6, 6.07) is 18.5. The van der Waals surface area contributed by atoms with Crippen LogP contribution in [0, 0.1) is 0 Å². The fourth-order valence-corrected chi connectivity index (χ4v) is 5.24. The van der Waals surface area contributed by atoms with Crippen LogP contribution in [0.1, 0.15) is 64.5 Å². The lowest BCUT2D eigenvalue weighted by atomic mass is 10.0. The maximum Gasteiger partial charge on any atom is 0.413 e.